The number of carbonyl (C=O) groups excluding carboxylic acids is 1. The Morgan fingerprint density at radius 1 is 0.950 bits per heavy atom. The molecule has 0 spiro atoms. The number of rotatable bonds is 6. The van der Waals surface area contributed by atoms with E-state index in [0.717, 1.165) is 0 Å². The molecule has 0 unspecified atom stereocenters. The Bertz CT molecular complexity index is 521. The fraction of sp³-hybridized carbons (Fsp3) is 0.167. The zero-order chi connectivity index (χ0) is 14.2. The Labute approximate surface area is 119 Å². The highest BCUT2D eigenvalue weighted by atomic mass is 16.1. The topological polar surface area (TPSA) is 43.1 Å². The van der Waals surface area contributed by atoms with Gasteiger partial charge in [0.2, 0.25) is 5.91 Å². The first kappa shape index (κ1) is 14.1. The highest BCUT2D eigenvalue weighted by molar-refractivity contribution is 5.73. The summed E-state index contributed by atoms with van der Waals surface area (Å²) in [5.41, 5.74) is 7.65. The summed E-state index contributed by atoms with van der Waals surface area (Å²) in [6.45, 7) is 0. The molecule has 0 saturated carbocycles. The fourth-order valence-electron chi connectivity index (χ4n) is 2.19. The van der Waals surface area contributed by atoms with E-state index in [9.17, 15) is 4.79 Å². The van der Waals surface area contributed by atoms with Crippen LogP contribution in [0, 0.1) is 0 Å². The molecule has 2 rings (SSSR count). The highest BCUT2D eigenvalue weighted by Gasteiger charge is 2.09. The third kappa shape index (κ3) is 4.09. The summed E-state index contributed by atoms with van der Waals surface area (Å²) in [4.78, 5) is 10.8. The van der Waals surface area contributed by atoms with Gasteiger partial charge in [-0.3, -0.25) is 4.79 Å². The lowest BCUT2D eigenvalue weighted by Gasteiger charge is -2.13. The van der Waals surface area contributed by atoms with Gasteiger partial charge in [-0.05, 0) is 17.5 Å². The van der Waals surface area contributed by atoms with Crippen molar-refractivity contribution in [2.24, 2.45) is 5.73 Å². The second-order valence-electron chi connectivity index (χ2n) is 4.73. The van der Waals surface area contributed by atoms with Crippen LogP contribution in [0.15, 0.2) is 72.8 Å². The molecule has 0 atom stereocenters. The van der Waals surface area contributed by atoms with Crippen LogP contribution in [-0.2, 0) is 4.79 Å². The summed E-state index contributed by atoms with van der Waals surface area (Å²) in [7, 11) is 0. The first-order valence-electron chi connectivity index (χ1n) is 6.82. The molecule has 102 valence electrons. The van der Waals surface area contributed by atoms with Gasteiger partial charge in [-0.1, -0.05) is 72.8 Å². The number of allylic oxidation sites excluding steroid dienone is 2. The van der Waals surface area contributed by atoms with Crippen LogP contribution in [-0.4, -0.2) is 5.91 Å². The van der Waals surface area contributed by atoms with Crippen molar-refractivity contribution in [2.75, 3.05) is 0 Å². The average molecular weight is 265 g/mol. The minimum atomic E-state index is -0.259. The van der Waals surface area contributed by atoms with E-state index in [-0.39, 0.29) is 11.8 Å². The standard InChI is InChI=1S/C18H19NO/c19-18(20)14-8-7-13-17(15-9-3-1-4-10-15)16-11-5-2-6-12-16/h1-7,9-13,17H,8,14H2,(H2,19,20)/b13-7+. The average Bonchev–Trinajstić information content (AvgIpc) is 2.49. The van der Waals surface area contributed by atoms with Gasteiger partial charge in [-0.2, -0.15) is 0 Å². The van der Waals surface area contributed by atoms with Gasteiger partial charge in [-0.15, -0.1) is 0 Å². The summed E-state index contributed by atoms with van der Waals surface area (Å²) in [5.74, 6) is -0.0455. The van der Waals surface area contributed by atoms with Crippen LogP contribution < -0.4 is 5.73 Å². The van der Waals surface area contributed by atoms with Crippen molar-refractivity contribution in [1.29, 1.82) is 0 Å². The number of amides is 1. The van der Waals surface area contributed by atoms with E-state index in [0.29, 0.717) is 12.8 Å². The number of hydrogen-bond donors (Lipinski definition) is 1. The number of nitrogens with two attached hydrogens (primary N) is 1. The molecular weight excluding hydrogens is 246 g/mol. The summed E-state index contributed by atoms with van der Waals surface area (Å²) < 4.78 is 0. The first-order valence-corrected chi connectivity index (χ1v) is 6.82. The van der Waals surface area contributed by atoms with Gasteiger partial charge >= 0.3 is 0 Å². The van der Waals surface area contributed by atoms with Crippen molar-refractivity contribution < 1.29 is 4.79 Å². The minimum Gasteiger partial charge on any atom is -0.370 e. The molecule has 0 aliphatic rings. The Hall–Kier alpha value is -2.35. The monoisotopic (exact) mass is 265 g/mol. The lowest BCUT2D eigenvalue weighted by atomic mass is 9.91. The van der Waals surface area contributed by atoms with Gasteiger partial charge in [0.05, 0.1) is 0 Å². The zero-order valence-electron chi connectivity index (χ0n) is 11.4. The van der Waals surface area contributed by atoms with Crippen LogP contribution in [0.4, 0.5) is 0 Å². The molecule has 0 aliphatic carbocycles. The van der Waals surface area contributed by atoms with Gasteiger partial charge in [0.15, 0.2) is 0 Å². The van der Waals surface area contributed by atoms with Gasteiger partial charge in [0, 0.05) is 12.3 Å². The SMILES string of the molecule is NC(=O)CC/C=C/C(c1ccccc1)c1ccccc1. The molecule has 2 nitrogen and oxygen atoms in total. The third-order valence-electron chi connectivity index (χ3n) is 3.20. The van der Waals surface area contributed by atoms with Crippen molar-refractivity contribution in [3.8, 4) is 0 Å². The fourth-order valence-corrected chi connectivity index (χ4v) is 2.19. The zero-order valence-corrected chi connectivity index (χ0v) is 11.4. The Kier molecular flexibility index (Phi) is 5.13. The summed E-state index contributed by atoms with van der Waals surface area (Å²) in [6, 6.07) is 20.7. The summed E-state index contributed by atoms with van der Waals surface area (Å²) in [6.07, 6.45) is 5.27. The largest absolute Gasteiger partial charge is 0.370 e. The molecule has 0 aliphatic heterocycles. The van der Waals surface area contributed by atoms with E-state index in [1.165, 1.54) is 11.1 Å². The maximum atomic E-state index is 10.8. The molecule has 2 aromatic carbocycles. The predicted molar refractivity (Wildman–Crippen MR) is 82.3 cm³/mol. The van der Waals surface area contributed by atoms with Gasteiger partial charge in [0.1, 0.15) is 0 Å². The van der Waals surface area contributed by atoms with Crippen LogP contribution in [0.2, 0.25) is 0 Å². The Morgan fingerprint density at radius 3 is 1.90 bits per heavy atom. The van der Waals surface area contributed by atoms with Gasteiger partial charge in [0.25, 0.3) is 0 Å². The first-order chi connectivity index (χ1) is 9.77. The van der Waals surface area contributed by atoms with Crippen molar-refractivity contribution in [1.82, 2.24) is 0 Å². The van der Waals surface area contributed by atoms with Crippen molar-refractivity contribution in [3.63, 3.8) is 0 Å². The van der Waals surface area contributed by atoms with Crippen LogP contribution in [0.5, 0.6) is 0 Å². The molecule has 0 heterocycles. The van der Waals surface area contributed by atoms with Crippen molar-refractivity contribution in [2.45, 2.75) is 18.8 Å². The molecule has 2 heteroatoms. The quantitative estimate of drug-likeness (QED) is 0.796. The number of primary amides is 1. The van der Waals surface area contributed by atoms with Crippen LogP contribution in [0.1, 0.15) is 29.9 Å². The second-order valence-corrected chi connectivity index (χ2v) is 4.73. The molecule has 0 bridgehead atoms. The minimum absolute atomic E-state index is 0.213. The Balaban J connectivity index is 2.19. The van der Waals surface area contributed by atoms with Crippen LogP contribution in [0.25, 0.3) is 0 Å². The molecule has 2 N–H and O–H groups in total. The Morgan fingerprint density at radius 2 is 1.45 bits per heavy atom. The van der Waals surface area contributed by atoms with Crippen LogP contribution >= 0.6 is 0 Å². The number of carbonyl (C=O) groups is 1. The lowest BCUT2D eigenvalue weighted by Crippen LogP contribution is -2.09. The summed E-state index contributed by atoms with van der Waals surface area (Å²) >= 11 is 0. The smallest absolute Gasteiger partial charge is 0.217 e. The molecule has 0 saturated heterocycles. The lowest BCUT2D eigenvalue weighted by molar-refractivity contribution is -0.117. The van der Waals surface area contributed by atoms with Crippen molar-refractivity contribution >= 4 is 5.91 Å². The molecule has 20 heavy (non-hydrogen) atoms. The molecule has 0 radical (unpaired) electrons. The highest BCUT2D eigenvalue weighted by Crippen LogP contribution is 2.25. The summed E-state index contributed by atoms with van der Waals surface area (Å²) in [5, 5.41) is 0. The van der Waals surface area contributed by atoms with E-state index in [1.54, 1.807) is 0 Å². The maximum absolute atomic E-state index is 10.8. The molecular formula is C18H19NO. The number of benzene rings is 2. The van der Waals surface area contributed by atoms with E-state index < -0.39 is 0 Å². The van der Waals surface area contributed by atoms with Crippen molar-refractivity contribution in [3.05, 3.63) is 83.9 Å². The molecule has 0 fully saturated rings. The molecule has 1 amide bonds. The van der Waals surface area contributed by atoms with Gasteiger partial charge in [-0.25, -0.2) is 0 Å². The molecule has 2 aromatic rings. The molecule has 0 aromatic heterocycles. The van der Waals surface area contributed by atoms with E-state index in [2.05, 4.69) is 30.3 Å². The van der Waals surface area contributed by atoms with E-state index in [1.807, 2.05) is 42.5 Å². The van der Waals surface area contributed by atoms with E-state index in [4.69, 9.17) is 5.73 Å². The normalized spacial score (nSPS) is 11.1. The van der Waals surface area contributed by atoms with E-state index >= 15 is 0 Å². The van der Waals surface area contributed by atoms with Gasteiger partial charge < -0.3 is 5.73 Å². The van der Waals surface area contributed by atoms with Crippen LogP contribution in [0.3, 0.4) is 0 Å². The third-order valence-corrected chi connectivity index (χ3v) is 3.20. The number of hydrogen-bond acceptors (Lipinski definition) is 1. The second kappa shape index (κ2) is 7.29. The predicted octanol–water partition coefficient (Wildman–Crippen LogP) is 3.64. The maximum Gasteiger partial charge on any atom is 0.217 e.